The van der Waals surface area contributed by atoms with Crippen molar-refractivity contribution in [2.24, 2.45) is 0 Å². The van der Waals surface area contributed by atoms with Crippen LogP contribution in [-0.2, 0) is 22.7 Å². The fourth-order valence-electron chi connectivity index (χ4n) is 3.85. The maximum absolute atomic E-state index is 13.2. The van der Waals surface area contributed by atoms with Crippen molar-refractivity contribution in [3.63, 3.8) is 0 Å². The molecule has 31 heavy (non-hydrogen) atoms. The van der Waals surface area contributed by atoms with E-state index in [9.17, 15) is 9.59 Å². The smallest absolute Gasteiger partial charge is 0.242 e. The molecule has 1 aromatic carbocycles. The molecule has 0 aliphatic heterocycles. The van der Waals surface area contributed by atoms with Crippen LogP contribution < -0.4 is 0 Å². The van der Waals surface area contributed by atoms with Gasteiger partial charge in [-0.15, -0.1) is 6.58 Å². The van der Waals surface area contributed by atoms with E-state index in [1.54, 1.807) is 15.9 Å². The number of hydrogen-bond acceptors (Lipinski definition) is 2. The molecular formula is C26H35N3O2. The molecule has 3 rings (SSSR count). The van der Waals surface area contributed by atoms with Crippen molar-refractivity contribution < 1.29 is 9.59 Å². The van der Waals surface area contributed by atoms with Crippen LogP contribution in [0.1, 0.15) is 55.8 Å². The van der Waals surface area contributed by atoms with Crippen LogP contribution in [0.25, 0.3) is 0 Å². The molecule has 2 aromatic rings. The van der Waals surface area contributed by atoms with E-state index in [4.69, 9.17) is 0 Å². The van der Waals surface area contributed by atoms with Gasteiger partial charge in [-0.2, -0.15) is 0 Å². The second-order valence-electron chi connectivity index (χ2n) is 8.47. The van der Waals surface area contributed by atoms with E-state index < -0.39 is 0 Å². The molecule has 1 heterocycles. The van der Waals surface area contributed by atoms with Gasteiger partial charge in [0.2, 0.25) is 11.8 Å². The topological polar surface area (TPSA) is 45.6 Å². The van der Waals surface area contributed by atoms with Crippen LogP contribution in [0.15, 0.2) is 55.3 Å². The lowest BCUT2D eigenvalue weighted by Gasteiger charge is -2.27. The van der Waals surface area contributed by atoms with Gasteiger partial charge in [-0.05, 0) is 49.4 Å². The van der Waals surface area contributed by atoms with Crippen molar-refractivity contribution in [2.75, 3.05) is 13.1 Å². The third kappa shape index (κ3) is 6.33. The quantitative estimate of drug-likeness (QED) is 0.472. The van der Waals surface area contributed by atoms with E-state index in [0.29, 0.717) is 19.5 Å². The average molecular weight is 422 g/mol. The number of aryl methyl sites for hydroxylation is 1. The van der Waals surface area contributed by atoms with Crippen LogP contribution in [0.3, 0.4) is 0 Å². The highest BCUT2D eigenvalue weighted by atomic mass is 16.2. The summed E-state index contributed by atoms with van der Waals surface area (Å²) in [5.74, 6) is 0.0967. The summed E-state index contributed by atoms with van der Waals surface area (Å²) in [7, 11) is 0. The summed E-state index contributed by atoms with van der Waals surface area (Å²) in [5, 5.41) is 0. The third-order valence-electron chi connectivity index (χ3n) is 5.94. The lowest BCUT2D eigenvalue weighted by Crippen LogP contribution is -2.44. The van der Waals surface area contributed by atoms with E-state index in [1.807, 2.05) is 12.1 Å². The normalized spacial score (nSPS) is 13.1. The molecule has 0 atom stereocenters. The Morgan fingerprint density at radius 3 is 2.61 bits per heavy atom. The number of carbonyl (C=O) groups is 2. The average Bonchev–Trinajstić information content (AvgIpc) is 3.51. The Balaban J connectivity index is 1.69. The molecule has 1 fully saturated rings. The van der Waals surface area contributed by atoms with Crippen LogP contribution in [0.5, 0.6) is 0 Å². The van der Waals surface area contributed by atoms with E-state index in [2.05, 4.69) is 55.5 Å². The van der Waals surface area contributed by atoms with Crippen molar-refractivity contribution in [1.29, 1.82) is 0 Å². The van der Waals surface area contributed by atoms with Gasteiger partial charge in [0.1, 0.15) is 6.54 Å². The Morgan fingerprint density at radius 2 is 1.94 bits per heavy atom. The number of nitrogens with zero attached hydrogens (tertiary/aromatic N) is 3. The van der Waals surface area contributed by atoms with Gasteiger partial charge in [0.15, 0.2) is 0 Å². The zero-order valence-corrected chi connectivity index (χ0v) is 18.9. The lowest BCUT2D eigenvalue weighted by molar-refractivity contribution is -0.141. The van der Waals surface area contributed by atoms with Crippen LogP contribution in [0, 0.1) is 6.92 Å². The molecular weight excluding hydrogens is 386 g/mol. The summed E-state index contributed by atoms with van der Waals surface area (Å²) >= 11 is 0. The van der Waals surface area contributed by atoms with E-state index in [0.717, 1.165) is 37.9 Å². The summed E-state index contributed by atoms with van der Waals surface area (Å²) in [5.41, 5.74) is 3.60. The van der Waals surface area contributed by atoms with Gasteiger partial charge in [-0.3, -0.25) is 9.59 Å². The van der Waals surface area contributed by atoms with Gasteiger partial charge in [0.25, 0.3) is 0 Å². The molecule has 5 nitrogen and oxygen atoms in total. The van der Waals surface area contributed by atoms with Crippen molar-refractivity contribution >= 4 is 11.8 Å². The minimum atomic E-state index is -0.0136. The first-order valence-electron chi connectivity index (χ1n) is 11.4. The molecule has 0 saturated heterocycles. The summed E-state index contributed by atoms with van der Waals surface area (Å²) in [6.07, 6.45) is 8.21. The zero-order chi connectivity index (χ0) is 22.2. The zero-order valence-electron chi connectivity index (χ0n) is 18.9. The number of amides is 2. The number of unbranched alkanes of at least 4 members (excludes halogenated alkanes) is 1. The molecule has 0 bridgehead atoms. The monoisotopic (exact) mass is 421 g/mol. The van der Waals surface area contributed by atoms with Crippen molar-refractivity contribution in [3.8, 4) is 0 Å². The Bertz CT molecular complexity index is 898. The fraction of sp³-hybridized carbons (Fsp3) is 0.462. The Morgan fingerprint density at radius 1 is 1.16 bits per heavy atom. The highest BCUT2D eigenvalue weighted by molar-refractivity contribution is 5.85. The predicted octanol–water partition coefficient (Wildman–Crippen LogP) is 4.54. The maximum Gasteiger partial charge on any atom is 0.242 e. The first kappa shape index (κ1) is 22.9. The van der Waals surface area contributed by atoms with E-state index in [1.165, 1.54) is 11.1 Å². The minimum absolute atomic E-state index is 0.0136. The molecule has 5 heteroatoms. The number of carbonyl (C=O) groups excluding carboxylic acids is 2. The minimum Gasteiger partial charge on any atom is -0.345 e. The first-order chi connectivity index (χ1) is 15.0. The second-order valence-corrected chi connectivity index (χ2v) is 8.47. The maximum atomic E-state index is 13.2. The van der Waals surface area contributed by atoms with Gasteiger partial charge >= 0.3 is 0 Å². The SMILES string of the molecule is C=CCN(Cc1cccn1Cc1ccccc1C)C(=O)CN(C(=O)CCCC)C1CC1. The molecule has 0 radical (unpaired) electrons. The standard InChI is InChI=1S/C26H35N3O2/c1-4-6-13-25(30)29(23-14-15-23)20-26(31)28(16-5-2)19-24-12-9-17-27(24)18-22-11-8-7-10-21(22)3/h5,7-12,17,23H,2,4,6,13-16,18-20H2,1,3H3. The number of rotatable bonds is 12. The van der Waals surface area contributed by atoms with Gasteiger partial charge in [0.05, 0.1) is 6.54 Å². The predicted molar refractivity (Wildman–Crippen MR) is 125 cm³/mol. The molecule has 1 aromatic heterocycles. The summed E-state index contributed by atoms with van der Waals surface area (Å²) in [4.78, 5) is 29.4. The fourth-order valence-corrected chi connectivity index (χ4v) is 3.85. The van der Waals surface area contributed by atoms with Gasteiger partial charge in [-0.25, -0.2) is 0 Å². The number of aromatic nitrogens is 1. The summed E-state index contributed by atoms with van der Waals surface area (Å²) < 4.78 is 2.19. The van der Waals surface area contributed by atoms with Crippen LogP contribution in [0.2, 0.25) is 0 Å². The van der Waals surface area contributed by atoms with Crippen molar-refractivity contribution in [1.82, 2.24) is 14.4 Å². The Labute approximate surface area is 186 Å². The van der Waals surface area contributed by atoms with Crippen LogP contribution in [0.4, 0.5) is 0 Å². The number of hydrogen-bond donors (Lipinski definition) is 0. The Kier molecular flexibility index (Phi) is 8.10. The highest BCUT2D eigenvalue weighted by Gasteiger charge is 2.34. The molecule has 1 saturated carbocycles. The van der Waals surface area contributed by atoms with Crippen LogP contribution >= 0.6 is 0 Å². The number of benzene rings is 1. The van der Waals surface area contributed by atoms with E-state index in [-0.39, 0.29) is 24.4 Å². The lowest BCUT2D eigenvalue weighted by atomic mass is 10.1. The van der Waals surface area contributed by atoms with Crippen molar-refractivity contribution in [3.05, 3.63) is 72.1 Å². The Hall–Kier alpha value is -2.82. The third-order valence-corrected chi connectivity index (χ3v) is 5.94. The summed E-state index contributed by atoms with van der Waals surface area (Å²) in [6.45, 7) is 9.95. The first-order valence-corrected chi connectivity index (χ1v) is 11.4. The molecule has 1 aliphatic carbocycles. The van der Waals surface area contributed by atoms with Gasteiger partial charge < -0.3 is 14.4 Å². The molecule has 1 aliphatic rings. The summed E-state index contributed by atoms with van der Waals surface area (Å²) in [6, 6.07) is 12.7. The van der Waals surface area contributed by atoms with Crippen molar-refractivity contribution in [2.45, 2.75) is 65.1 Å². The van der Waals surface area contributed by atoms with Crippen LogP contribution in [-0.4, -0.2) is 45.3 Å². The molecule has 2 amide bonds. The second kappa shape index (κ2) is 11.0. The largest absolute Gasteiger partial charge is 0.345 e. The van der Waals surface area contributed by atoms with E-state index >= 15 is 0 Å². The molecule has 0 N–H and O–H groups in total. The molecule has 166 valence electrons. The molecule has 0 unspecified atom stereocenters. The molecule has 0 spiro atoms. The van der Waals surface area contributed by atoms with Gasteiger partial charge in [-0.1, -0.05) is 43.7 Å². The van der Waals surface area contributed by atoms with Gasteiger partial charge in [0, 0.05) is 37.4 Å². The highest BCUT2D eigenvalue weighted by Crippen LogP contribution is 2.28.